The molecule has 28 heavy (non-hydrogen) atoms. The van der Waals surface area contributed by atoms with E-state index in [1.807, 2.05) is 67.6 Å². The number of carbonyl (C=O) groups excluding carboxylic acids is 1. The summed E-state index contributed by atoms with van der Waals surface area (Å²) < 4.78 is 1.26. The van der Waals surface area contributed by atoms with E-state index in [1.54, 1.807) is 6.21 Å². The Balaban J connectivity index is 1.50. The van der Waals surface area contributed by atoms with E-state index in [1.165, 1.54) is 16.4 Å². The van der Waals surface area contributed by atoms with Crippen molar-refractivity contribution in [2.24, 2.45) is 5.10 Å². The molecule has 0 saturated heterocycles. The number of hydrogen-bond acceptors (Lipinski definition) is 7. The van der Waals surface area contributed by atoms with E-state index in [-0.39, 0.29) is 23.7 Å². The molecular formula is C19H21N7OS. The number of anilines is 1. The van der Waals surface area contributed by atoms with Gasteiger partial charge >= 0.3 is 0 Å². The number of hydrogen-bond donors (Lipinski definition) is 3. The van der Waals surface area contributed by atoms with Crippen molar-refractivity contribution in [2.75, 3.05) is 17.0 Å². The van der Waals surface area contributed by atoms with Gasteiger partial charge in [-0.15, -0.1) is 10.2 Å². The second kappa shape index (κ2) is 9.56. The van der Waals surface area contributed by atoms with Gasteiger partial charge < -0.3 is 11.2 Å². The minimum absolute atomic E-state index is 0.0744. The normalized spacial score (nSPS) is 12.0. The Kier molecular flexibility index (Phi) is 6.64. The van der Waals surface area contributed by atoms with Crippen LogP contribution in [-0.4, -0.2) is 32.7 Å². The third-order valence-electron chi connectivity index (χ3n) is 3.85. The molecule has 0 saturated carbocycles. The molecule has 0 spiro atoms. The lowest BCUT2D eigenvalue weighted by atomic mass is 10.1. The first-order valence-electron chi connectivity index (χ1n) is 8.65. The summed E-state index contributed by atoms with van der Waals surface area (Å²) in [6, 6.07) is 19.3. The van der Waals surface area contributed by atoms with E-state index in [0.29, 0.717) is 5.16 Å². The van der Waals surface area contributed by atoms with Gasteiger partial charge in [0.25, 0.3) is 5.95 Å². The summed E-state index contributed by atoms with van der Waals surface area (Å²) in [6.45, 7) is 1.94. The van der Waals surface area contributed by atoms with Crippen molar-refractivity contribution >= 4 is 29.8 Å². The predicted molar refractivity (Wildman–Crippen MR) is 112 cm³/mol. The Bertz CT molecular complexity index is 928. The first-order chi connectivity index (χ1) is 13.6. The number of hydrazone groups is 1. The van der Waals surface area contributed by atoms with E-state index in [9.17, 15) is 4.79 Å². The summed E-state index contributed by atoms with van der Waals surface area (Å²) in [5, 5.41) is 15.4. The average molecular weight is 395 g/mol. The maximum absolute atomic E-state index is 12.2. The van der Waals surface area contributed by atoms with E-state index < -0.39 is 0 Å². The first kappa shape index (κ1) is 19.4. The Labute approximate surface area is 167 Å². The standard InChI is InChI=1S/C19H21N7OS/c1-14(16-10-6-3-7-11-16)22-17(27)13-28-19-25-24-18(26(19)20)23-21-12-15-8-4-2-5-9-15/h2-12,14H,13,20H2,1H3,(H,22,27)(H,23,24)/b21-12+. The number of aromatic nitrogens is 3. The van der Waals surface area contributed by atoms with Crippen LogP contribution in [0.3, 0.4) is 0 Å². The van der Waals surface area contributed by atoms with Gasteiger partial charge in [-0.25, -0.2) is 10.1 Å². The van der Waals surface area contributed by atoms with Crippen LogP contribution in [0.2, 0.25) is 0 Å². The zero-order valence-corrected chi connectivity index (χ0v) is 16.1. The molecule has 0 aliphatic heterocycles. The molecule has 1 atom stereocenters. The summed E-state index contributed by atoms with van der Waals surface area (Å²) >= 11 is 1.20. The van der Waals surface area contributed by atoms with E-state index in [4.69, 9.17) is 5.84 Å². The molecule has 1 aromatic heterocycles. The molecule has 144 valence electrons. The van der Waals surface area contributed by atoms with Gasteiger partial charge in [0.15, 0.2) is 0 Å². The SMILES string of the molecule is CC(NC(=O)CSc1nnc(N/N=C/c2ccccc2)n1N)c1ccccc1. The smallest absolute Gasteiger partial charge is 0.264 e. The van der Waals surface area contributed by atoms with Crippen LogP contribution in [-0.2, 0) is 4.79 Å². The lowest BCUT2D eigenvalue weighted by molar-refractivity contribution is -0.119. The van der Waals surface area contributed by atoms with Gasteiger partial charge in [-0.3, -0.25) is 4.79 Å². The van der Waals surface area contributed by atoms with E-state index in [2.05, 4.69) is 26.0 Å². The largest absolute Gasteiger partial charge is 0.349 e. The second-order valence-electron chi connectivity index (χ2n) is 5.95. The third-order valence-corrected chi connectivity index (χ3v) is 4.79. The number of nitrogen functional groups attached to an aromatic ring is 1. The molecule has 4 N–H and O–H groups in total. The summed E-state index contributed by atoms with van der Waals surface area (Å²) in [4.78, 5) is 12.2. The lowest BCUT2D eigenvalue weighted by Gasteiger charge is -2.13. The summed E-state index contributed by atoms with van der Waals surface area (Å²) in [7, 11) is 0. The number of rotatable bonds is 8. The maximum atomic E-state index is 12.2. The third kappa shape index (κ3) is 5.34. The summed E-state index contributed by atoms with van der Waals surface area (Å²) in [6.07, 6.45) is 1.65. The van der Waals surface area contributed by atoms with Crippen LogP contribution < -0.4 is 16.6 Å². The number of carbonyl (C=O) groups is 1. The second-order valence-corrected chi connectivity index (χ2v) is 6.89. The first-order valence-corrected chi connectivity index (χ1v) is 9.64. The van der Waals surface area contributed by atoms with Crippen molar-refractivity contribution in [2.45, 2.75) is 18.1 Å². The number of nitrogens with one attached hydrogen (secondary N) is 2. The molecule has 1 amide bonds. The molecule has 2 aromatic carbocycles. The molecule has 9 heteroatoms. The fourth-order valence-electron chi connectivity index (χ4n) is 2.39. The number of thioether (sulfide) groups is 1. The van der Waals surface area contributed by atoms with Gasteiger partial charge in [0.2, 0.25) is 11.1 Å². The molecular weight excluding hydrogens is 374 g/mol. The van der Waals surface area contributed by atoms with Crippen LogP contribution in [0.4, 0.5) is 5.95 Å². The highest BCUT2D eigenvalue weighted by Crippen LogP contribution is 2.17. The van der Waals surface area contributed by atoms with Crippen LogP contribution in [0, 0.1) is 0 Å². The zero-order chi connectivity index (χ0) is 19.8. The maximum Gasteiger partial charge on any atom is 0.264 e. The molecule has 0 aliphatic carbocycles. The monoisotopic (exact) mass is 395 g/mol. The van der Waals surface area contributed by atoms with Gasteiger partial charge in [-0.1, -0.05) is 72.4 Å². The summed E-state index contributed by atoms with van der Waals surface area (Å²) in [5.74, 6) is 6.32. The topological polar surface area (TPSA) is 110 Å². The van der Waals surface area contributed by atoms with Gasteiger partial charge in [0.1, 0.15) is 0 Å². The van der Waals surface area contributed by atoms with Crippen molar-refractivity contribution in [3.63, 3.8) is 0 Å². The molecule has 8 nitrogen and oxygen atoms in total. The van der Waals surface area contributed by atoms with Crippen LogP contribution in [0.1, 0.15) is 24.1 Å². The summed E-state index contributed by atoms with van der Waals surface area (Å²) in [5.41, 5.74) is 4.73. The molecule has 3 aromatic rings. The quantitative estimate of drug-likeness (QED) is 0.234. The molecule has 0 fully saturated rings. The van der Waals surface area contributed by atoms with Crippen LogP contribution in [0.25, 0.3) is 0 Å². The van der Waals surface area contributed by atoms with Gasteiger partial charge in [-0.05, 0) is 18.1 Å². The highest BCUT2D eigenvalue weighted by molar-refractivity contribution is 7.99. The highest BCUT2D eigenvalue weighted by atomic mass is 32.2. The van der Waals surface area contributed by atoms with Crippen LogP contribution >= 0.6 is 11.8 Å². The Morgan fingerprint density at radius 2 is 1.86 bits per heavy atom. The van der Waals surface area contributed by atoms with Crippen molar-refractivity contribution in [1.82, 2.24) is 20.2 Å². The number of amides is 1. The van der Waals surface area contributed by atoms with Crippen molar-refractivity contribution < 1.29 is 4.79 Å². The molecule has 0 radical (unpaired) electrons. The molecule has 0 bridgehead atoms. The molecule has 1 unspecified atom stereocenters. The fraction of sp³-hybridized carbons (Fsp3) is 0.158. The van der Waals surface area contributed by atoms with Gasteiger partial charge in [0, 0.05) is 0 Å². The zero-order valence-electron chi connectivity index (χ0n) is 15.3. The number of nitrogens with two attached hydrogens (primary N) is 1. The minimum Gasteiger partial charge on any atom is -0.349 e. The minimum atomic E-state index is -0.110. The fourth-order valence-corrected chi connectivity index (χ4v) is 3.06. The number of nitrogens with zero attached hydrogens (tertiary/aromatic N) is 4. The predicted octanol–water partition coefficient (Wildman–Crippen LogP) is 2.41. The van der Waals surface area contributed by atoms with Gasteiger partial charge in [0.05, 0.1) is 18.0 Å². The van der Waals surface area contributed by atoms with Crippen LogP contribution in [0.15, 0.2) is 70.9 Å². The average Bonchev–Trinajstić information content (AvgIpc) is 3.07. The Hall–Kier alpha value is -3.33. The van der Waals surface area contributed by atoms with Crippen molar-refractivity contribution in [3.05, 3.63) is 71.8 Å². The van der Waals surface area contributed by atoms with E-state index in [0.717, 1.165) is 11.1 Å². The van der Waals surface area contributed by atoms with E-state index >= 15 is 0 Å². The highest BCUT2D eigenvalue weighted by Gasteiger charge is 2.14. The molecule has 3 rings (SSSR count). The van der Waals surface area contributed by atoms with Crippen molar-refractivity contribution in [3.8, 4) is 0 Å². The van der Waals surface area contributed by atoms with Crippen molar-refractivity contribution in [1.29, 1.82) is 0 Å². The van der Waals surface area contributed by atoms with Crippen LogP contribution in [0.5, 0.6) is 0 Å². The van der Waals surface area contributed by atoms with Gasteiger partial charge in [-0.2, -0.15) is 5.10 Å². The molecule has 1 heterocycles. The number of benzene rings is 2. The Morgan fingerprint density at radius 1 is 1.18 bits per heavy atom. The lowest BCUT2D eigenvalue weighted by Crippen LogP contribution is -2.28. The molecule has 0 aliphatic rings. The Morgan fingerprint density at radius 3 is 2.57 bits per heavy atom.